The maximum Gasteiger partial charge on any atom is 0.322 e. The highest BCUT2D eigenvalue weighted by molar-refractivity contribution is 5.86. The van der Waals surface area contributed by atoms with E-state index >= 15 is 0 Å². The number of rotatable bonds is 15. The first-order chi connectivity index (χ1) is 18.3. The zero-order valence-corrected chi connectivity index (χ0v) is 21.1. The smallest absolute Gasteiger partial charge is 0.322 e. The second-order valence-corrected chi connectivity index (χ2v) is 9.00. The first-order valence-electron chi connectivity index (χ1n) is 12.5. The van der Waals surface area contributed by atoms with Crippen LogP contribution in [0.25, 0.3) is 10.8 Å². The van der Waals surface area contributed by atoms with Crippen molar-refractivity contribution in [3.8, 4) is 0 Å². The van der Waals surface area contributed by atoms with Crippen molar-refractivity contribution in [1.82, 2.24) is 15.5 Å². The zero-order chi connectivity index (χ0) is 27.3. The first kappa shape index (κ1) is 28.3. The van der Waals surface area contributed by atoms with Crippen molar-refractivity contribution in [3.05, 3.63) is 88.0 Å². The summed E-state index contributed by atoms with van der Waals surface area (Å²) in [5.74, 6) is -1.60. The number of carbonyl (C=O) groups excluding carboxylic acids is 2. The number of nitrogens with one attached hydrogen (secondary N) is 2. The molecule has 3 aromatic carbocycles. The summed E-state index contributed by atoms with van der Waals surface area (Å²) < 4.78 is 0. The van der Waals surface area contributed by atoms with Gasteiger partial charge in [0, 0.05) is 38.2 Å². The number of nitrogens with zero attached hydrogens (tertiary/aromatic N) is 2. The molecular formula is C28H32N4O6. The molecule has 0 unspecified atom stereocenters. The van der Waals surface area contributed by atoms with Crippen LogP contribution in [0.2, 0.25) is 0 Å². The van der Waals surface area contributed by atoms with E-state index in [0.29, 0.717) is 32.5 Å². The topological polar surface area (TPSA) is 142 Å². The Hall–Kier alpha value is -4.31. The van der Waals surface area contributed by atoms with Gasteiger partial charge in [0.2, 0.25) is 11.8 Å². The summed E-state index contributed by atoms with van der Waals surface area (Å²) >= 11 is 0. The Morgan fingerprint density at radius 2 is 1.63 bits per heavy atom. The van der Waals surface area contributed by atoms with Crippen LogP contribution in [0, 0.1) is 10.1 Å². The van der Waals surface area contributed by atoms with Crippen LogP contribution in [-0.4, -0.2) is 58.9 Å². The zero-order valence-electron chi connectivity index (χ0n) is 21.1. The van der Waals surface area contributed by atoms with Crippen LogP contribution >= 0.6 is 0 Å². The summed E-state index contributed by atoms with van der Waals surface area (Å²) in [7, 11) is 0. The Balaban J connectivity index is 1.47. The summed E-state index contributed by atoms with van der Waals surface area (Å²) in [5.41, 5.74) is 2.08. The number of hydrogen-bond acceptors (Lipinski definition) is 6. The lowest BCUT2D eigenvalue weighted by molar-refractivity contribution is -0.384. The summed E-state index contributed by atoms with van der Waals surface area (Å²) in [6.07, 6.45) is 2.55. The molecule has 0 atom stereocenters. The Labute approximate surface area is 220 Å². The van der Waals surface area contributed by atoms with Crippen molar-refractivity contribution < 1.29 is 24.4 Å². The maximum atomic E-state index is 12.3. The Morgan fingerprint density at radius 1 is 0.895 bits per heavy atom. The van der Waals surface area contributed by atoms with E-state index in [9.17, 15) is 24.5 Å². The second kappa shape index (κ2) is 14.4. The molecule has 0 radical (unpaired) electrons. The number of fused-ring (bicyclic) bond motifs is 1. The number of benzene rings is 3. The number of amides is 2. The molecule has 10 heteroatoms. The molecule has 0 aromatic heterocycles. The number of carboxylic acid groups (broad SMARTS) is 1. The van der Waals surface area contributed by atoms with Gasteiger partial charge in [-0.15, -0.1) is 0 Å². The molecule has 0 aliphatic rings. The van der Waals surface area contributed by atoms with Gasteiger partial charge in [0.15, 0.2) is 0 Å². The van der Waals surface area contributed by atoms with Crippen LogP contribution in [-0.2, 0) is 27.3 Å². The van der Waals surface area contributed by atoms with E-state index < -0.39 is 23.3 Å². The number of aryl methyl sites for hydroxylation is 1. The van der Waals surface area contributed by atoms with Gasteiger partial charge < -0.3 is 15.7 Å². The Morgan fingerprint density at radius 3 is 2.37 bits per heavy atom. The molecular weight excluding hydrogens is 488 g/mol. The minimum absolute atomic E-state index is 0.00160. The van der Waals surface area contributed by atoms with Crippen molar-refractivity contribution in [3.63, 3.8) is 0 Å². The largest absolute Gasteiger partial charge is 0.480 e. The van der Waals surface area contributed by atoms with Gasteiger partial charge in [-0.2, -0.15) is 0 Å². The summed E-state index contributed by atoms with van der Waals surface area (Å²) in [6.45, 7) is 0.780. The van der Waals surface area contributed by atoms with E-state index in [1.807, 2.05) is 47.4 Å². The van der Waals surface area contributed by atoms with E-state index in [1.165, 1.54) is 12.1 Å². The first-order valence-corrected chi connectivity index (χ1v) is 12.5. The Kier molecular flexibility index (Phi) is 10.7. The average molecular weight is 521 g/mol. The second-order valence-electron chi connectivity index (χ2n) is 9.00. The molecule has 0 aliphatic heterocycles. The van der Waals surface area contributed by atoms with Gasteiger partial charge in [0.25, 0.3) is 5.69 Å². The average Bonchev–Trinajstić information content (AvgIpc) is 2.90. The number of carbonyl (C=O) groups is 3. The molecule has 0 saturated heterocycles. The maximum absolute atomic E-state index is 12.3. The molecule has 0 bridgehead atoms. The highest BCUT2D eigenvalue weighted by Crippen LogP contribution is 2.20. The van der Waals surface area contributed by atoms with Gasteiger partial charge in [0.1, 0.15) is 6.54 Å². The highest BCUT2D eigenvalue weighted by atomic mass is 16.6. The van der Waals surface area contributed by atoms with Gasteiger partial charge in [-0.1, -0.05) is 54.6 Å². The fraction of sp³-hybridized carbons (Fsp3) is 0.321. The fourth-order valence-corrected chi connectivity index (χ4v) is 4.16. The van der Waals surface area contributed by atoms with Gasteiger partial charge in [0.05, 0.1) is 11.5 Å². The molecule has 0 fully saturated rings. The molecule has 2 amide bonds. The highest BCUT2D eigenvalue weighted by Gasteiger charge is 2.14. The van der Waals surface area contributed by atoms with Crippen LogP contribution in [0.1, 0.15) is 30.4 Å². The van der Waals surface area contributed by atoms with E-state index in [2.05, 4.69) is 10.6 Å². The quantitative estimate of drug-likeness (QED) is 0.159. The van der Waals surface area contributed by atoms with E-state index in [4.69, 9.17) is 5.11 Å². The standard InChI is InChI=1S/C28H32N4O6/c33-26(11-4-1-6-21-12-14-24(15-13-21)32(37)38)29-16-17-31(20-27(34)30-18-28(35)36)19-23-9-5-8-22-7-2-3-10-25(22)23/h2-3,5,7-10,12-15H,1,4,6,11,16-20H2,(H,29,33)(H,30,34)(H,35,36). The molecule has 38 heavy (non-hydrogen) atoms. The number of hydrogen-bond donors (Lipinski definition) is 3. The SMILES string of the molecule is O=C(O)CNC(=O)CN(CCNC(=O)CCCCc1ccc([N+](=O)[O-])cc1)Cc1cccc2ccccc12. The van der Waals surface area contributed by atoms with Crippen LogP contribution in [0.4, 0.5) is 5.69 Å². The van der Waals surface area contributed by atoms with Gasteiger partial charge >= 0.3 is 5.97 Å². The molecule has 0 aliphatic carbocycles. The summed E-state index contributed by atoms with van der Waals surface area (Å²) in [4.78, 5) is 47.6. The predicted octanol–water partition coefficient (Wildman–Crippen LogP) is 3.28. The number of carboxylic acids is 1. The van der Waals surface area contributed by atoms with Crippen LogP contribution in [0.5, 0.6) is 0 Å². The number of nitro benzene ring substituents is 1. The van der Waals surface area contributed by atoms with Gasteiger partial charge in [-0.05, 0) is 41.2 Å². The number of aliphatic carboxylic acids is 1. The van der Waals surface area contributed by atoms with Gasteiger partial charge in [-0.25, -0.2) is 0 Å². The fourth-order valence-electron chi connectivity index (χ4n) is 4.16. The van der Waals surface area contributed by atoms with Gasteiger partial charge in [-0.3, -0.25) is 29.4 Å². The lowest BCUT2D eigenvalue weighted by Gasteiger charge is -2.23. The molecule has 3 N–H and O–H groups in total. The van der Waals surface area contributed by atoms with E-state index in [1.54, 1.807) is 12.1 Å². The monoisotopic (exact) mass is 520 g/mol. The van der Waals surface area contributed by atoms with Crippen LogP contribution in [0.15, 0.2) is 66.7 Å². The third-order valence-corrected chi connectivity index (χ3v) is 6.09. The van der Waals surface area contributed by atoms with E-state index in [-0.39, 0.29) is 18.1 Å². The van der Waals surface area contributed by atoms with Crippen molar-refractivity contribution in [2.75, 3.05) is 26.2 Å². The van der Waals surface area contributed by atoms with Crippen LogP contribution in [0.3, 0.4) is 0 Å². The lowest BCUT2D eigenvalue weighted by atomic mass is 10.0. The molecule has 0 spiro atoms. The van der Waals surface area contributed by atoms with E-state index in [0.717, 1.165) is 34.7 Å². The molecule has 3 aromatic rings. The molecule has 10 nitrogen and oxygen atoms in total. The Bertz CT molecular complexity index is 1260. The summed E-state index contributed by atoms with van der Waals surface area (Å²) in [5, 5.41) is 27.0. The molecule has 200 valence electrons. The molecule has 3 rings (SSSR count). The number of non-ortho nitro benzene ring substituents is 1. The minimum atomic E-state index is -1.11. The molecule has 0 heterocycles. The summed E-state index contributed by atoms with van der Waals surface area (Å²) in [6, 6.07) is 20.3. The number of unbranched alkanes of at least 4 members (excludes halogenated alkanes) is 1. The lowest BCUT2D eigenvalue weighted by Crippen LogP contribution is -2.42. The van der Waals surface area contributed by atoms with Crippen molar-refractivity contribution in [2.24, 2.45) is 0 Å². The van der Waals surface area contributed by atoms with Crippen molar-refractivity contribution >= 4 is 34.2 Å². The third-order valence-electron chi connectivity index (χ3n) is 6.09. The minimum Gasteiger partial charge on any atom is -0.480 e. The predicted molar refractivity (Wildman–Crippen MR) is 144 cm³/mol. The van der Waals surface area contributed by atoms with Crippen molar-refractivity contribution in [1.29, 1.82) is 0 Å². The normalized spacial score (nSPS) is 10.9. The van der Waals surface area contributed by atoms with Crippen molar-refractivity contribution in [2.45, 2.75) is 32.2 Å². The van der Waals surface area contributed by atoms with Crippen LogP contribution < -0.4 is 10.6 Å². The number of nitro groups is 1. The third kappa shape index (κ3) is 9.29. The molecule has 0 saturated carbocycles.